The van der Waals surface area contributed by atoms with Crippen molar-refractivity contribution in [3.8, 4) is 6.07 Å². The highest BCUT2D eigenvalue weighted by molar-refractivity contribution is 5.85. The molecule has 0 spiro atoms. The van der Waals surface area contributed by atoms with Crippen molar-refractivity contribution < 1.29 is 9.18 Å². The van der Waals surface area contributed by atoms with Gasteiger partial charge in [0, 0.05) is 18.3 Å². The van der Waals surface area contributed by atoms with Crippen LogP contribution in [0.4, 0.5) is 4.39 Å². The Kier molecular flexibility index (Phi) is 3.98. The molecule has 0 bridgehead atoms. The van der Waals surface area contributed by atoms with E-state index >= 15 is 0 Å². The number of nitriles is 1. The lowest BCUT2D eigenvalue weighted by Crippen LogP contribution is -2.42. The normalized spacial score (nSPS) is 16.2. The zero-order valence-corrected chi connectivity index (χ0v) is 13.8. The van der Waals surface area contributed by atoms with Crippen LogP contribution in [0.3, 0.4) is 0 Å². The highest BCUT2D eigenvalue weighted by Gasteiger charge is 2.35. The Hall–Kier alpha value is -3.46. The number of rotatable bonds is 3. The molecule has 6 heteroatoms. The first-order valence-corrected chi connectivity index (χ1v) is 8.20. The Morgan fingerprint density at radius 1 is 1.23 bits per heavy atom. The van der Waals surface area contributed by atoms with Gasteiger partial charge in [-0.2, -0.15) is 5.26 Å². The van der Waals surface area contributed by atoms with E-state index in [1.807, 2.05) is 36.4 Å². The largest absolute Gasteiger partial charge is 0.330 e. The molecule has 0 fully saturated rings. The third-order valence-electron chi connectivity index (χ3n) is 4.56. The van der Waals surface area contributed by atoms with E-state index < -0.39 is 11.9 Å². The molecule has 1 aliphatic heterocycles. The summed E-state index contributed by atoms with van der Waals surface area (Å²) >= 11 is 0. The summed E-state index contributed by atoms with van der Waals surface area (Å²) in [6, 6.07) is 15.0. The Labute approximate surface area is 149 Å². The van der Waals surface area contributed by atoms with Gasteiger partial charge in [-0.1, -0.05) is 36.4 Å². The molecular formula is C20H15FN4O. The first kappa shape index (κ1) is 16.0. The number of fused-ring (bicyclic) bond motifs is 1. The molecule has 1 aliphatic rings. The van der Waals surface area contributed by atoms with Gasteiger partial charge in [-0.25, -0.2) is 9.37 Å². The van der Waals surface area contributed by atoms with Crippen LogP contribution in [0.15, 0.2) is 61.1 Å². The summed E-state index contributed by atoms with van der Waals surface area (Å²) in [7, 11) is 0. The number of hydrogen-bond donors (Lipinski definition) is 0. The highest BCUT2D eigenvalue weighted by atomic mass is 19.1. The molecule has 1 unspecified atom stereocenters. The van der Waals surface area contributed by atoms with Crippen molar-refractivity contribution in [2.24, 2.45) is 0 Å². The molecule has 0 aliphatic carbocycles. The van der Waals surface area contributed by atoms with Crippen molar-refractivity contribution in [2.45, 2.75) is 19.1 Å². The maximum Gasteiger partial charge on any atom is 0.251 e. The van der Waals surface area contributed by atoms with Crippen LogP contribution in [-0.4, -0.2) is 20.4 Å². The van der Waals surface area contributed by atoms with Crippen LogP contribution in [0.25, 0.3) is 0 Å². The lowest BCUT2D eigenvalue weighted by atomic mass is 10.00. The van der Waals surface area contributed by atoms with Crippen LogP contribution in [0.5, 0.6) is 0 Å². The first-order valence-electron chi connectivity index (χ1n) is 8.20. The van der Waals surface area contributed by atoms with Gasteiger partial charge in [-0.05, 0) is 17.7 Å². The lowest BCUT2D eigenvalue weighted by Gasteiger charge is -2.34. The number of amides is 1. The van der Waals surface area contributed by atoms with Crippen molar-refractivity contribution in [3.63, 3.8) is 0 Å². The fraction of sp³-hybridized carbons (Fsp3) is 0.150. The maximum atomic E-state index is 14.6. The molecule has 1 aromatic heterocycles. The number of carbonyl (C=O) groups excluding carboxylic acids is 1. The summed E-state index contributed by atoms with van der Waals surface area (Å²) in [6.07, 6.45) is 3.24. The molecular weight excluding hydrogens is 331 g/mol. The Balaban J connectivity index is 1.74. The van der Waals surface area contributed by atoms with Gasteiger partial charge < -0.3 is 9.47 Å². The van der Waals surface area contributed by atoms with E-state index in [-0.39, 0.29) is 17.0 Å². The number of imidazole rings is 1. The van der Waals surface area contributed by atoms with Crippen LogP contribution >= 0.6 is 0 Å². The summed E-state index contributed by atoms with van der Waals surface area (Å²) in [6.45, 7) is 0.862. The summed E-state index contributed by atoms with van der Waals surface area (Å²) in [5.74, 6) is -0.758. The SMILES string of the molecule is N#Cc1ccc(C2C(=O)N(Cc3ccccc3)Cc3cncn32)c(F)c1. The van der Waals surface area contributed by atoms with Crippen LogP contribution in [0.2, 0.25) is 0 Å². The number of benzene rings is 2. The third kappa shape index (κ3) is 2.74. The van der Waals surface area contributed by atoms with E-state index in [0.29, 0.717) is 13.1 Å². The van der Waals surface area contributed by atoms with Crippen molar-refractivity contribution in [2.75, 3.05) is 0 Å². The zero-order valence-electron chi connectivity index (χ0n) is 13.8. The molecule has 0 saturated heterocycles. The standard InChI is InChI=1S/C20H15FN4O/c21-18-8-15(9-22)6-7-17(18)19-20(26)24(11-14-4-2-1-3-5-14)12-16-10-23-13-25(16)19/h1-8,10,13,19H,11-12H2. The van der Waals surface area contributed by atoms with Gasteiger partial charge in [0.25, 0.3) is 5.91 Å². The molecule has 0 N–H and O–H groups in total. The maximum absolute atomic E-state index is 14.6. The highest BCUT2D eigenvalue weighted by Crippen LogP contribution is 2.31. The minimum atomic E-state index is -0.822. The Bertz CT molecular complexity index is 1010. The van der Waals surface area contributed by atoms with Crippen LogP contribution < -0.4 is 0 Å². The molecule has 0 radical (unpaired) electrons. The second-order valence-electron chi connectivity index (χ2n) is 6.22. The summed E-state index contributed by atoms with van der Waals surface area (Å²) in [4.78, 5) is 19.0. The predicted molar refractivity (Wildman–Crippen MR) is 92.2 cm³/mol. The van der Waals surface area contributed by atoms with E-state index in [9.17, 15) is 9.18 Å². The summed E-state index contributed by atoms with van der Waals surface area (Å²) in [5, 5.41) is 8.94. The van der Waals surface area contributed by atoms with Gasteiger partial charge in [-0.3, -0.25) is 4.79 Å². The minimum Gasteiger partial charge on any atom is -0.330 e. The second kappa shape index (κ2) is 6.45. The molecule has 5 nitrogen and oxygen atoms in total. The first-order chi connectivity index (χ1) is 12.7. The monoisotopic (exact) mass is 346 g/mol. The lowest BCUT2D eigenvalue weighted by molar-refractivity contribution is -0.136. The smallest absolute Gasteiger partial charge is 0.251 e. The van der Waals surface area contributed by atoms with Crippen molar-refractivity contribution >= 4 is 5.91 Å². The molecule has 0 saturated carbocycles. The quantitative estimate of drug-likeness (QED) is 0.732. The molecule has 3 aromatic rings. The number of hydrogen-bond acceptors (Lipinski definition) is 3. The van der Waals surface area contributed by atoms with Crippen molar-refractivity contribution in [1.29, 1.82) is 5.26 Å². The zero-order chi connectivity index (χ0) is 18.1. The molecule has 1 atom stereocenters. The third-order valence-corrected chi connectivity index (χ3v) is 4.56. The van der Waals surface area contributed by atoms with E-state index in [4.69, 9.17) is 5.26 Å². The van der Waals surface area contributed by atoms with Gasteiger partial charge in [0.1, 0.15) is 11.9 Å². The van der Waals surface area contributed by atoms with Crippen molar-refractivity contribution in [1.82, 2.24) is 14.5 Å². The number of aromatic nitrogens is 2. The topological polar surface area (TPSA) is 61.9 Å². The average molecular weight is 346 g/mol. The van der Waals surface area contributed by atoms with E-state index in [1.54, 1.807) is 22.0 Å². The Morgan fingerprint density at radius 3 is 2.77 bits per heavy atom. The number of nitrogens with zero attached hydrogens (tertiary/aromatic N) is 4. The fourth-order valence-corrected chi connectivity index (χ4v) is 3.29. The van der Waals surface area contributed by atoms with Gasteiger partial charge in [-0.15, -0.1) is 0 Å². The van der Waals surface area contributed by atoms with Crippen LogP contribution in [0, 0.1) is 17.1 Å². The second-order valence-corrected chi connectivity index (χ2v) is 6.22. The van der Waals surface area contributed by atoms with Crippen LogP contribution in [0.1, 0.15) is 28.4 Å². The van der Waals surface area contributed by atoms with E-state index in [2.05, 4.69) is 4.98 Å². The fourth-order valence-electron chi connectivity index (χ4n) is 3.29. The molecule has 2 heterocycles. The molecule has 1 amide bonds. The van der Waals surface area contributed by atoms with Crippen molar-refractivity contribution in [3.05, 3.63) is 89.3 Å². The van der Waals surface area contributed by atoms with E-state index in [1.165, 1.54) is 12.1 Å². The summed E-state index contributed by atoms with van der Waals surface area (Å²) < 4.78 is 16.3. The Morgan fingerprint density at radius 2 is 2.04 bits per heavy atom. The molecule has 2 aromatic carbocycles. The number of halogens is 1. The van der Waals surface area contributed by atoms with Crippen LogP contribution in [-0.2, 0) is 17.9 Å². The van der Waals surface area contributed by atoms with Gasteiger partial charge in [0.2, 0.25) is 0 Å². The molecule has 26 heavy (non-hydrogen) atoms. The van der Waals surface area contributed by atoms with E-state index in [0.717, 1.165) is 17.3 Å². The predicted octanol–water partition coefficient (Wildman–Crippen LogP) is 3.03. The van der Waals surface area contributed by atoms with Gasteiger partial charge in [0.05, 0.1) is 30.2 Å². The van der Waals surface area contributed by atoms with Gasteiger partial charge in [0.15, 0.2) is 0 Å². The molecule has 4 rings (SSSR count). The summed E-state index contributed by atoms with van der Waals surface area (Å²) in [5.41, 5.74) is 2.31. The molecule has 128 valence electrons. The average Bonchev–Trinajstić information content (AvgIpc) is 3.12. The van der Waals surface area contributed by atoms with Gasteiger partial charge >= 0.3 is 0 Å². The number of carbonyl (C=O) groups is 1. The minimum absolute atomic E-state index is 0.192.